The largest absolute Gasteiger partial charge is 0.483 e. The predicted octanol–water partition coefficient (Wildman–Crippen LogP) is 2.80. The molecular weight excluding hydrogens is 300 g/mol. The summed E-state index contributed by atoms with van der Waals surface area (Å²) in [4.78, 5) is 8.36. The van der Waals surface area contributed by atoms with Crippen molar-refractivity contribution < 1.29 is 9.90 Å². The van der Waals surface area contributed by atoms with Gasteiger partial charge in [-0.25, -0.2) is 0 Å². The van der Waals surface area contributed by atoms with Crippen LogP contribution in [0.5, 0.6) is 0 Å². The van der Waals surface area contributed by atoms with E-state index in [1.807, 2.05) is 0 Å². The molecule has 0 atom stereocenters. The maximum absolute atomic E-state index is 8.36. The van der Waals surface area contributed by atoms with Crippen LogP contribution in [0.1, 0.15) is 24.0 Å². The molecule has 3 rings (SSSR count). The van der Waals surface area contributed by atoms with Crippen LogP contribution < -0.4 is 10.6 Å². The van der Waals surface area contributed by atoms with Gasteiger partial charge in [-0.15, -0.1) is 0 Å². The van der Waals surface area contributed by atoms with Gasteiger partial charge in [0.1, 0.15) is 0 Å². The second-order valence-corrected chi connectivity index (χ2v) is 5.97. The van der Waals surface area contributed by atoms with Gasteiger partial charge in [-0.3, -0.25) is 4.79 Å². The third kappa shape index (κ3) is 5.18. The molecule has 0 spiro atoms. The van der Waals surface area contributed by atoms with Gasteiger partial charge in [0, 0.05) is 5.54 Å². The molecule has 24 heavy (non-hydrogen) atoms. The molecule has 1 aliphatic heterocycles. The molecule has 1 heterocycles. The predicted molar refractivity (Wildman–Crippen MR) is 97.1 cm³/mol. The molecule has 0 unspecified atom stereocenters. The standard InChI is InChI=1S/C19H24N2.CH2O2/c1-3-7-17(8-4-1)11-14-21-19(12-15-20-16-13-19)18-9-5-2-6-10-18;2-1-3/h1-10,20-21H,11-16H2;1H,(H,2,3). The van der Waals surface area contributed by atoms with Crippen molar-refractivity contribution >= 4 is 6.47 Å². The number of carbonyl (C=O) groups is 1. The first kappa shape index (κ1) is 18.2. The molecule has 4 heteroatoms. The highest BCUT2D eigenvalue weighted by Gasteiger charge is 2.32. The van der Waals surface area contributed by atoms with E-state index < -0.39 is 0 Å². The van der Waals surface area contributed by atoms with E-state index in [2.05, 4.69) is 71.3 Å². The molecule has 0 amide bonds. The minimum Gasteiger partial charge on any atom is -0.483 e. The highest BCUT2D eigenvalue weighted by atomic mass is 16.3. The minimum absolute atomic E-state index is 0.140. The molecule has 128 valence electrons. The topological polar surface area (TPSA) is 61.4 Å². The maximum Gasteiger partial charge on any atom is 0.290 e. The maximum atomic E-state index is 8.36. The van der Waals surface area contributed by atoms with Crippen LogP contribution in [0, 0.1) is 0 Å². The summed E-state index contributed by atoms with van der Waals surface area (Å²) in [7, 11) is 0. The van der Waals surface area contributed by atoms with Gasteiger partial charge in [0.2, 0.25) is 0 Å². The summed E-state index contributed by atoms with van der Waals surface area (Å²) in [6.45, 7) is 2.96. The molecule has 3 N–H and O–H groups in total. The van der Waals surface area contributed by atoms with Crippen LogP contribution in [0.2, 0.25) is 0 Å². The first-order valence-electron chi connectivity index (χ1n) is 8.44. The van der Waals surface area contributed by atoms with Gasteiger partial charge in [0.15, 0.2) is 0 Å². The van der Waals surface area contributed by atoms with Gasteiger partial charge >= 0.3 is 0 Å². The quantitative estimate of drug-likeness (QED) is 0.740. The van der Waals surface area contributed by atoms with Crippen LogP contribution in [0.4, 0.5) is 0 Å². The number of carboxylic acid groups (broad SMARTS) is 1. The monoisotopic (exact) mass is 326 g/mol. The lowest BCUT2D eigenvalue weighted by molar-refractivity contribution is -0.122. The van der Waals surface area contributed by atoms with Gasteiger partial charge in [-0.2, -0.15) is 0 Å². The Bertz CT molecular complexity index is 581. The summed E-state index contributed by atoms with van der Waals surface area (Å²) >= 11 is 0. The second kappa shape index (κ2) is 9.85. The summed E-state index contributed by atoms with van der Waals surface area (Å²) in [5, 5.41) is 14.2. The molecule has 0 bridgehead atoms. The molecule has 1 fully saturated rings. The van der Waals surface area contributed by atoms with Crippen molar-refractivity contribution in [3.8, 4) is 0 Å². The minimum atomic E-state index is -0.250. The molecule has 0 aliphatic carbocycles. The lowest BCUT2D eigenvalue weighted by atomic mass is 9.81. The van der Waals surface area contributed by atoms with Crippen molar-refractivity contribution in [3.63, 3.8) is 0 Å². The van der Waals surface area contributed by atoms with Crippen LogP contribution >= 0.6 is 0 Å². The molecule has 1 saturated heterocycles. The van der Waals surface area contributed by atoms with E-state index >= 15 is 0 Å². The van der Waals surface area contributed by atoms with Gasteiger partial charge in [-0.05, 0) is 50.0 Å². The van der Waals surface area contributed by atoms with Crippen molar-refractivity contribution in [2.45, 2.75) is 24.8 Å². The van der Waals surface area contributed by atoms with Crippen molar-refractivity contribution in [1.82, 2.24) is 10.6 Å². The summed E-state index contributed by atoms with van der Waals surface area (Å²) in [5.74, 6) is 0. The highest BCUT2D eigenvalue weighted by molar-refractivity contribution is 5.32. The second-order valence-electron chi connectivity index (χ2n) is 5.97. The van der Waals surface area contributed by atoms with E-state index in [1.54, 1.807) is 0 Å². The van der Waals surface area contributed by atoms with Gasteiger partial charge in [0.25, 0.3) is 6.47 Å². The van der Waals surface area contributed by atoms with Gasteiger partial charge < -0.3 is 15.7 Å². The van der Waals surface area contributed by atoms with E-state index in [-0.39, 0.29) is 12.0 Å². The van der Waals surface area contributed by atoms with Crippen molar-refractivity contribution in [2.75, 3.05) is 19.6 Å². The average molecular weight is 326 g/mol. The number of benzene rings is 2. The number of hydrogen-bond donors (Lipinski definition) is 3. The number of hydrogen-bond acceptors (Lipinski definition) is 3. The Morgan fingerprint density at radius 1 is 1.00 bits per heavy atom. The Balaban J connectivity index is 0.000000647. The van der Waals surface area contributed by atoms with E-state index in [0.717, 1.165) is 38.9 Å². The fraction of sp³-hybridized carbons (Fsp3) is 0.350. The molecule has 0 radical (unpaired) electrons. The smallest absolute Gasteiger partial charge is 0.290 e. The van der Waals surface area contributed by atoms with E-state index in [9.17, 15) is 0 Å². The van der Waals surface area contributed by atoms with Crippen molar-refractivity contribution in [1.29, 1.82) is 0 Å². The first-order valence-corrected chi connectivity index (χ1v) is 8.44. The molecule has 2 aromatic carbocycles. The Kier molecular flexibility index (Phi) is 7.46. The molecule has 2 aromatic rings. The van der Waals surface area contributed by atoms with Crippen LogP contribution in [-0.4, -0.2) is 31.2 Å². The summed E-state index contributed by atoms with van der Waals surface area (Å²) in [5.41, 5.74) is 2.98. The summed E-state index contributed by atoms with van der Waals surface area (Å²) in [6.07, 6.45) is 3.40. The highest BCUT2D eigenvalue weighted by Crippen LogP contribution is 2.30. The van der Waals surface area contributed by atoms with Crippen LogP contribution in [0.15, 0.2) is 60.7 Å². The zero-order chi connectivity index (χ0) is 17.1. The Labute approximate surface area is 143 Å². The summed E-state index contributed by atoms with van der Waals surface area (Å²) in [6, 6.07) is 21.7. The average Bonchev–Trinajstić information content (AvgIpc) is 2.65. The SMILES string of the molecule is O=CO.c1ccc(CCNC2(c3ccccc3)CCNCC2)cc1. The number of nitrogens with one attached hydrogen (secondary N) is 2. The zero-order valence-electron chi connectivity index (χ0n) is 13.9. The normalized spacial score (nSPS) is 15.8. The van der Waals surface area contributed by atoms with Crippen molar-refractivity contribution in [2.24, 2.45) is 0 Å². The van der Waals surface area contributed by atoms with Crippen molar-refractivity contribution in [3.05, 3.63) is 71.8 Å². The van der Waals surface area contributed by atoms with E-state index in [0.29, 0.717) is 0 Å². The van der Waals surface area contributed by atoms with Gasteiger partial charge in [-0.1, -0.05) is 60.7 Å². The lowest BCUT2D eigenvalue weighted by Crippen LogP contribution is -2.50. The summed E-state index contributed by atoms with van der Waals surface area (Å²) < 4.78 is 0. The number of piperidine rings is 1. The molecular formula is C20H26N2O2. The van der Waals surface area contributed by atoms with E-state index in [1.165, 1.54) is 11.1 Å². The Hall–Kier alpha value is -2.17. The molecule has 0 aromatic heterocycles. The number of rotatable bonds is 5. The molecule has 4 nitrogen and oxygen atoms in total. The Morgan fingerprint density at radius 3 is 2.12 bits per heavy atom. The molecule has 1 aliphatic rings. The third-order valence-corrected chi connectivity index (χ3v) is 4.50. The zero-order valence-corrected chi connectivity index (χ0v) is 13.9. The first-order chi connectivity index (χ1) is 11.8. The Morgan fingerprint density at radius 2 is 1.54 bits per heavy atom. The van der Waals surface area contributed by atoms with Crippen LogP contribution in [0.25, 0.3) is 0 Å². The lowest BCUT2D eigenvalue weighted by Gasteiger charge is -2.39. The van der Waals surface area contributed by atoms with Crippen LogP contribution in [-0.2, 0) is 16.8 Å². The third-order valence-electron chi connectivity index (χ3n) is 4.50. The fourth-order valence-corrected chi connectivity index (χ4v) is 3.27. The molecule has 0 saturated carbocycles. The van der Waals surface area contributed by atoms with E-state index in [4.69, 9.17) is 9.90 Å². The van der Waals surface area contributed by atoms with Crippen LogP contribution in [0.3, 0.4) is 0 Å². The van der Waals surface area contributed by atoms with Gasteiger partial charge in [0.05, 0.1) is 0 Å². The fourth-order valence-electron chi connectivity index (χ4n) is 3.27.